The van der Waals surface area contributed by atoms with Gasteiger partial charge >= 0.3 is 0 Å². The van der Waals surface area contributed by atoms with Gasteiger partial charge in [0, 0.05) is 17.8 Å². The molecular formula is C15H24O2. The Hall–Kier alpha value is -0.630. The lowest BCUT2D eigenvalue weighted by molar-refractivity contribution is -0.144. The molecule has 1 N–H and O–H groups in total. The second-order valence-corrected chi connectivity index (χ2v) is 6.62. The molecule has 0 spiro atoms. The van der Waals surface area contributed by atoms with Crippen LogP contribution in [0.1, 0.15) is 47.0 Å². The van der Waals surface area contributed by atoms with E-state index in [0.29, 0.717) is 18.1 Å². The molecule has 3 unspecified atom stereocenters. The molecule has 0 bridgehead atoms. The maximum Gasteiger partial charge on any atom is 0.138 e. The van der Waals surface area contributed by atoms with Gasteiger partial charge < -0.3 is 5.11 Å². The molecule has 2 heteroatoms. The quantitative estimate of drug-likeness (QED) is 0.711. The SMILES string of the molecule is CC1=CCC2C(C)(C)C(=O)CCC2(C)C1CO. The number of hydrogen-bond acceptors (Lipinski definition) is 2. The zero-order chi connectivity index (χ0) is 12.8. The lowest BCUT2D eigenvalue weighted by Gasteiger charge is -2.55. The van der Waals surface area contributed by atoms with E-state index >= 15 is 0 Å². The molecule has 2 nitrogen and oxygen atoms in total. The Balaban J connectivity index is 2.45. The first kappa shape index (κ1) is 12.8. The lowest BCUT2D eigenvalue weighted by Crippen LogP contribution is -2.53. The molecule has 0 radical (unpaired) electrons. The van der Waals surface area contributed by atoms with Gasteiger partial charge in [-0.1, -0.05) is 32.4 Å². The highest BCUT2D eigenvalue weighted by atomic mass is 16.3. The minimum Gasteiger partial charge on any atom is -0.396 e. The van der Waals surface area contributed by atoms with Crippen LogP contribution in [0.5, 0.6) is 0 Å². The average molecular weight is 236 g/mol. The molecule has 0 aromatic carbocycles. The van der Waals surface area contributed by atoms with Gasteiger partial charge in [-0.05, 0) is 31.1 Å². The van der Waals surface area contributed by atoms with Crippen LogP contribution in [-0.4, -0.2) is 17.5 Å². The summed E-state index contributed by atoms with van der Waals surface area (Å²) in [7, 11) is 0. The third-order valence-electron chi connectivity index (χ3n) is 5.48. The summed E-state index contributed by atoms with van der Waals surface area (Å²) in [5.74, 6) is 0.996. The molecule has 0 aliphatic heterocycles. The van der Waals surface area contributed by atoms with Crippen molar-refractivity contribution in [1.82, 2.24) is 0 Å². The van der Waals surface area contributed by atoms with Gasteiger partial charge in [0.05, 0.1) is 6.61 Å². The fraction of sp³-hybridized carbons (Fsp3) is 0.800. The van der Waals surface area contributed by atoms with Crippen LogP contribution < -0.4 is 0 Å². The van der Waals surface area contributed by atoms with Crippen molar-refractivity contribution >= 4 is 5.78 Å². The van der Waals surface area contributed by atoms with E-state index in [0.717, 1.165) is 12.8 Å². The standard InChI is InChI=1S/C15H24O2/c1-10-5-6-12-14(2,3)13(17)7-8-15(12,4)11(10)9-16/h5,11-12,16H,6-9H2,1-4H3. The maximum absolute atomic E-state index is 12.1. The first-order valence-electron chi connectivity index (χ1n) is 6.65. The predicted molar refractivity (Wildman–Crippen MR) is 68.6 cm³/mol. The van der Waals surface area contributed by atoms with Crippen LogP contribution in [0.2, 0.25) is 0 Å². The molecule has 96 valence electrons. The molecule has 0 heterocycles. The van der Waals surface area contributed by atoms with Crippen molar-refractivity contribution in [3.63, 3.8) is 0 Å². The molecule has 1 fully saturated rings. The zero-order valence-corrected chi connectivity index (χ0v) is 11.4. The minimum absolute atomic E-state index is 0.0883. The van der Waals surface area contributed by atoms with Crippen molar-refractivity contribution in [1.29, 1.82) is 0 Å². The Kier molecular flexibility index (Phi) is 2.97. The minimum atomic E-state index is -0.238. The molecular weight excluding hydrogens is 212 g/mol. The van der Waals surface area contributed by atoms with Crippen LogP contribution in [0.3, 0.4) is 0 Å². The van der Waals surface area contributed by atoms with Gasteiger partial charge in [0.1, 0.15) is 5.78 Å². The normalized spacial score (nSPS) is 40.8. The number of carbonyl (C=O) groups is 1. The largest absolute Gasteiger partial charge is 0.396 e. The number of aliphatic hydroxyl groups excluding tert-OH is 1. The van der Waals surface area contributed by atoms with Crippen LogP contribution in [-0.2, 0) is 4.79 Å². The second-order valence-electron chi connectivity index (χ2n) is 6.62. The molecule has 0 saturated heterocycles. The Morgan fingerprint density at radius 3 is 2.65 bits per heavy atom. The smallest absolute Gasteiger partial charge is 0.138 e. The molecule has 3 atom stereocenters. The predicted octanol–water partition coefficient (Wildman–Crippen LogP) is 2.96. The molecule has 1 saturated carbocycles. The van der Waals surface area contributed by atoms with E-state index in [2.05, 4.69) is 33.8 Å². The second kappa shape index (κ2) is 3.94. The van der Waals surface area contributed by atoms with Gasteiger partial charge in [0.2, 0.25) is 0 Å². The Bertz CT molecular complexity index is 367. The summed E-state index contributed by atoms with van der Waals surface area (Å²) in [5, 5.41) is 9.68. The van der Waals surface area contributed by atoms with Gasteiger partial charge in [-0.2, -0.15) is 0 Å². The van der Waals surface area contributed by atoms with Gasteiger partial charge in [0.15, 0.2) is 0 Å². The van der Waals surface area contributed by atoms with Crippen molar-refractivity contribution in [2.45, 2.75) is 47.0 Å². The van der Waals surface area contributed by atoms with E-state index < -0.39 is 0 Å². The number of aliphatic hydroxyl groups is 1. The molecule has 17 heavy (non-hydrogen) atoms. The number of rotatable bonds is 1. The Morgan fingerprint density at radius 1 is 1.41 bits per heavy atom. The van der Waals surface area contributed by atoms with Crippen molar-refractivity contribution in [3.05, 3.63) is 11.6 Å². The molecule has 0 amide bonds. The summed E-state index contributed by atoms with van der Waals surface area (Å²) in [5.41, 5.74) is 1.15. The van der Waals surface area contributed by atoms with Crippen LogP contribution in [0.4, 0.5) is 0 Å². The van der Waals surface area contributed by atoms with E-state index in [1.54, 1.807) is 0 Å². The summed E-state index contributed by atoms with van der Waals surface area (Å²) in [4.78, 5) is 12.1. The van der Waals surface area contributed by atoms with Gasteiger partial charge in [-0.25, -0.2) is 0 Å². The van der Waals surface area contributed by atoms with E-state index in [1.165, 1.54) is 5.57 Å². The summed E-state index contributed by atoms with van der Waals surface area (Å²) in [6.07, 6.45) is 4.81. The summed E-state index contributed by atoms with van der Waals surface area (Å²) in [6, 6.07) is 0. The zero-order valence-electron chi connectivity index (χ0n) is 11.4. The van der Waals surface area contributed by atoms with E-state index in [-0.39, 0.29) is 23.4 Å². The number of fused-ring (bicyclic) bond motifs is 1. The molecule has 0 aromatic rings. The van der Waals surface area contributed by atoms with Gasteiger partial charge in [0.25, 0.3) is 0 Å². The average Bonchev–Trinajstić information content (AvgIpc) is 2.24. The number of ketones is 1. The Morgan fingerprint density at radius 2 is 2.06 bits per heavy atom. The molecule has 0 aromatic heterocycles. The van der Waals surface area contributed by atoms with E-state index in [9.17, 15) is 9.90 Å². The highest BCUT2D eigenvalue weighted by Gasteiger charge is 2.54. The van der Waals surface area contributed by atoms with Gasteiger partial charge in [-0.15, -0.1) is 0 Å². The molecule has 2 rings (SSSR count). The number of hydrogen-bond donors (Lipinski definition) is 1. The highest BCUT2D eigenvalue weighted by molar-refractivity contribution is 5.85. The topological polar surface area (TPSA) is 37.3 Å². The highest BCUT2D eigenvalue weighted by Crippen LogP contribution is 2.58. The third-order valence-corrected chi connectivity index (χ3v) is 5.48. The fourth-order valence-corrected chi connectivity index (χ4v) is 4.20. The molecule has 2 aliphatic rings. The first-order valence-corrected chi connectivity index (χ1v) is 6.65. The van der Waals surface area contributed by atoms with Crippen LogP contribution in [0.25, 0.3) is 0 Å². The summed E-state index contributed by atoms with van der Waals surface area (Å²) in [6.45, 7) is 8.76. The van der Waals surface area contributed by atoms with Crippen LogP contribution in [0, 0.1) is 22.7 Å². The first-order chi connectivity index (χ1) is 7.84. The van der Waals surface area contributed by atoms with E-state index in [1.807, 2.05) is 0 Å². The van der Waals surface area contributed by atoms with Crippen molar-refractivity contribution < 1.29 is 9.90 Å². The number of carbonyl (C=O) groups excluding carboxylic acids is 1. The van der Waals surface area contributed by atoms with Crippen molar-refractivity contribution in [2.75, 3.05) is 6.61 Å². The summed E-state index contributed by atoms with van der Waals surface area (Å²) < 4.78 is 0. The van der Waals surface area contributed by atoms with Crippen LogP contribution >= 0.6 is 0 Å². The van der Waals surface area contributed by atoms with Crippen LogP contribution in [0.15, 0.2) is 11.6 Å². The number of allylic oxidation sites excluding steroid dienone is 1. The fourth-order valence-electron chi connectivity index (χ4n) is 4.20. The lowest BCUT2D eigenvalue weighted by atomic mass is 9.48. The maximum atomic E-state index is 12.1. The monoisotopic (exact) mass is 236 g/mol. The molecule has 2 aliphatic carbocycles. The Labute approximate surface area is 104 Å². The summed E-state index contributed by atoms with van der Waals surface area (Å²) >= 11 is 0. The van der Waals surface area contributed by atoms with Crippen molar-refractivity contribution in [2.24, 2.45) is 22.7 Å². The van der Waals surface area contributed by atoms with E-state index in [4.69, 9.17) is 0 Å². The number of Topliss-reactive ketones (excluding diaryl/α,β-unsaturated/α-hetero) is 1. The van der Waals surface area contributed by atoms with Gasteiger partial charge in [-0.3, -0.25) is 4.79 Å². The third kappa shape index (κ3) is 1.69. The van der Waals surface area contributed by atoms with Crippen molar-refractivity contribution in [3.8, 4) is 0 Å².